The van der Waals surface area contributed by atoms with Crippen LogP contribution >= 0.6 is 11.6 Å². The van der Waals surface area contributed by atoms with Crippen molar-refractivity contribution in [1.29, 1.82) is 0 Å². The van der Waals surface area contributed by atoms with Gasteiger partial charge in [-0.3, -0.25) is 10.1 Å². The molecule has 0 N–H and O–H groups in total. The first-order valence-electron chi connectivity index (χ1n) is 6.90. The Morgan fingerprint density at radius 2 is 2.26 bits per heavy atom. The molecule has 1 saturated heterocycles. The minimum Gasteiger partial charge on any atom is -0.465 e. The quantitative estimate of drug-likeness (QED) is 0.457. The van der Waals surface area contributed by atoms with Crippen LogP contribution in [0.25, 0.3) is 0 Å². The van der Waals surface area contributed by atoms with Crippen LogP contribution in [0.4, 0.5) is 11.4 Å². The summed E-state index contributed by atoms with van der Waals surface area (Å²) in [5.41, 5.74) is -0.0965. The molecule has 126 valence electrons. The molecule has 23 heavy (non-hydrogen) atoms. The maximum Gasteiger partial charge on any atom is 0.346 e. The highest BCUT2D eigenvalue weighted by atomic mass is 35.5. The normalized spacial score (nSPS) is 17.9. The average Bonchev–Trinajstić information content (AvgIpc) is 2.54. The predicted octanol–water partition coefficient (Wildman–Crippen LogP) is 1.89. The first-order valence-corrected chi connectivity index (χ1v) is 7.28. The summed E-state index contributed by atoms with van der Waals surface area (Å²) in [5.74, 6) is -0.842. The smallest absolute Gasteiger partial charge is 0.346 e. The lowest BCUT2D eigenvalue weighted by atomic mass is 10.1. The standard InChI is InChI=1S/C14H17ClN2O6/c1-21-8-9-7-16(5-6-23-9)11-4-3-10(17(19)20)12(13(11)15)14(18)22-2/h3-4,9H,5-8H2,1-2H3/t9-/m1/s1. The Kier molecular flexibility index (Phi) is 5.75. The Balaban J connectivity index is 2.40. The average molecular weight is 345 g/mol. The van der Waals surface area contributed by atoms with Crippen molar-refractivity contribution in [3.63, 3.8) is 0 Å². The monoisotopic (exact) mass is 344 g/mol. The molecular formula is C14H17ClN2O6. The predicted molar refractivity (Wildman–Crippen MR) is 83.3 cm³/mol. The molecule has 0 saturated carbocycles. The van der Waals surface area contributed by atoms with Crippen molar-refractivity contribution in [2.45, 2.75) is 6.10 Å². The molecule has 1 heterocycles. The molecular weight excluding hydrogens is 328 g/mol. The zero-order valence-corrected chi connectivity index (χ0v) is 13.5. The number of rotatable bonds is 5. The second kappa shape index (κ2) is 7.58. The molecule has 1 aromatic rings. The third kappa shape index (κ3) is 3.72. The first kappa shape index (κ1) is 17.5. The topological polar surface area (TPSA) is 91.1 Å². The SMILES string of the molecule is COC[C@H]1CN(c2ccc([N+](=O)[O-])c(C(=O)OC)c2Cl)CCO1. The van der Waals surface area contributed by atoms with E-state index in [2.05, 4.69) is 4.74 Å². The van der Waals surface area contributed by atoms with Crippen LogP contribution in [0.15, 0.2) is 12.1 Å². The van der Waals surface area contributed by atoms with Gasteiger partial charge in [0.25, 0.3) is 5.69 Å². The molecule has 1 atom stereocenters. The summed E-state index contributed by atoms with van der Waals surface area (Å²) in [6, 6.07) is 2.79. The Hall–Kier alpha value is -1.90. The summed E-state index contributed by atoms with van der Waals surface area (Å²) >= 11 is 6.27. The number of esters is 1. The van der Waals surface area contributed by atoms with Gasteiger partial charge in [0.05, 0.1) is 42.1 Å². The van der Waals surface area contributed by atoms with Gasteiger partial charge < -0.3 is 19.1 Å². The molecule has 0 bridgehead atoms. The summed E-state index contributed by atoms with van der Waals surface area (Å²) in [6.45, 7) is 1.95. The van der Waals surface area contributed by atoms with Gasteiger partial charge in [-0.2, -0.15) is 0 Å². The maximum absolute atomic E-state index is 11.9. The summed E-state index contributed by atoms with van der Waals surface area (Å²) < 4.78 is 15.3. The largest absolute Gasteiger partial charge is 0.465 e. The van der Waals surface area contributed by atoms with Gasteiger partial charge in [0.1, 0.15) is 0 Å². The van der Waals surface area contributed by atoms with E-state index in [9.17, 15) is 14.9 Å². The van der Waals surface area contributed by atoms with Crippen LogP contribution in [-0.4, -0.2) is 57.5 Å². The molecule has 1 aliphatic rings. The van der Waals surface area contributed by atoms with E-state index in [1.807, 2.05) is 4.90 Å². The number of halogens is 1. The highest BCUT2D eigenvalue weighted by Gasteiger charge is 2.30. The van der Waals surface area contributed by atoms with Crippen molar-refractivity contribution in [2.75, 3.05) is 45.4 Å². The molecule has 1 aliphatic heterocycles. The molecule has 1 fully saturated rings. The number of hydrogen-bond acceptors (Lipinski definition) is 7. The fourth-order valence-electron chi connectivity index (χ4n) is 2.47. The van der Waals surface area contributed by atoms with Crippen LogP contribution < -0.4 is 4.90 Å². The Morgan fingerprint density at radius 3 is 2.87 bits per heavy atom. The molecule has 9 heteroatoms. The lowest BCUT2D eigenvalue weighted by Gasteiger charge is -2.34. The van der Waals surface area contributed by atoms with Crippen LogP contribution in [0.5, 0.6) is 0 Å². The van der Waals surface area contributed by atoms with Gasteiger partial charge in [0.15, 0.2) is 5.56 Å². The van der Waals surface area contributed by atoms with Crippen LogP contribution in [0.1, 0.15) is 10.4 Å². The van der Waals surface area contributed by atoms with Crippen molar-refractivity contribution in [3.8, 4) is 0 Å². The number of hydrogen-bond donors (Lipinski definition) is 0. The summed E-state index contributed by atoms with van der Waals surface area (Å²) in [6.07, 6.45) is -0.137. The van der Waals surface area contributed by atoms with E-state index in [0.717, 1.165) is 7.11 Å². The Morgan fingerprint density at radius 1 is 1.52 bits per heavy atom. The third-order valence-corrected chi connectivity index (χ3v) is 3.90. The molecule has 0 radical (unpaired) electrons. The summed E-state index contributed by atoms with van der Waals surface area (Å²) in [7, 11) is 2.73. The van der Waals surface area contributed by atoms with E-state index in [1.165, 1.54) is 12.1 Å². The van der Waals surface area contributed by atoms with E-state index < -0.39 is 10.9 Å². The molecule has 0 spiro atoms. The number of methoxy groups -OCH3 is 2. The lowest BCUT2D eigenvalue weighted by molar-refractivity contribution is -0.385. The number of carbonyl (C=O) groups excluding carboxylic acids is 1. The van der Waals surface area contributed by atoms with Gasteiger partial charge in [-0.05, 0) is 6.07 Å². The second-order valence-corrected chi connectivity index (χ2v) is 5.31. The molecule has 0 amide bonds. The van der Waals surface area contributed by atoms with E-state index in [4.69, 9.17) is 21.1 Å². The Bertz CT molecular complexity index is 607. The van der Waals surface area contributed by atoms with Crippen molar-refractivity contribution in [3.05, 3.63) is 32.8 Å². The van der Waals surface area contributed by atoms with Gasteiger partial charge >= 0.3 is 5.97 Å². The molecule has 8 nitrogen and oxygen atoms in total. The van der Waals surface area contributed by atoms with Crippen LogP contribution in [-0.2, 0) is 14.2 Å². The zero-order valence-electron chi connectivity index (χ0n) is 12.8. The molecule has 2 rings (SSSR count). The van der Waals surface area contributed by atoms with Gasteiger partial charge in [0.2, 0.25) is 0 Å². The minimum atomic E-state index is -0.842. The number of nitro groups is 1. The fourth-order valence-corrected chi connectivity index (χ4v) is 2.83. The number of nitrogens with zero attached hydrogens (tertiary/aromatic N) is 2. The van der Waals surface area contributed by atoms with Crippen molar-refractivity contribution in [2.24, 2.45) is 0 Å². The van der Waals surface area contributed by atoms with Crippen LogP contribution in [0.2, 0.25) is 5.02 Å². The number of carbonyl (C=O) groups is 1. The molecule has 0 aliphatic carbocycles. The van der Waals surface area contributed by atoms with Crippen molar-refractivity contribution in [1.82, 2.24) is 0 Å². The van der Waals surface area contributed by atoms with E-state index in [0.29, 0.717) is 32.0 Å². The highest BCUT2D eigenvalue weighted by Crippen LogP contribution is 2.36. The van der Waals surface area contributed by atoms with E-state index >= 15 is 0 Å². The molecule has 0 aromatic heterocycles. The maximum atomic E-state index is 11.9. The highest BCUT2D eigenvalue weighted by molar-refractivity contribution is 6.36. The number of benzene rings is 1. The van der Waals surface area contributed by atoms with Crippen molar-refractivity contribution < 1.29 is 23.9 Å². The number of ether oxygens (including phenoxy) is 3. The van der Waals surface area contributed by atoms with Crippen molar-refractivity contribution >= 4 is 28.9 Å². The number of anilines is 1. The summed E-state index contributed by atoms with van der Waals surface area (Å²) in [5, 5.41) is 11.1. The van der Waals surface area contributed by atoms with Gasteiger partial charge in [-0.25, -0.2) is 4.79 Å². The number of nitro benzene ring substituents is 1. The van der Waals surface area contributed by atoms with Crippen LogP contribution in [0, 0.1) is 10.1 Å². The minimum absolute atomic E-state index is 0.00381. The Labute approximate surface area is 138 Å². The number of morpholine rings is 1. The second-order valence-electron chi connectivity index (χ2n) is 4.94. The van der Waals surface area contributed by atoms with Gasteiger partial charge in [-0.1, -0.05) is 11.6 Å². The van der Waals surface area contributed by atoms with E-state index in [-0.39, 0.29) is 22.4 Å². The zero-order chi connectivity index (χ0) is 17.0. The van der Waals surface area contributed by atoms with Gasteiger partial charge in [0, 0.05) is 26.3 Å². The molecule has 1 aromatic carbocycles. The first-order chi connectivity index (χ1) is 11.0. The van der Waals surface area contributed by atoms with Crippen LogP contribution in [0.3, 0.4) is 0 Å². The summed E-state index contributed by atoms with van der Waals surface area (Å²) in [4.78, 5) is 24.2. The fraction of sp³-hybridized carbons (Fsp3) is 0.500. The van der Waals surface area contributed by atoms with E-state index in [1.54, 1.807) is 7.11 Å². The van der Waals surface area contributed by atoms with Gasteiger partial charge in [-0.15, -0.1) is 0 Å². The lowest BCUT2D eigenvalue weighted by Crippen LogP contribution is -2.44. The molecule has 0 unspecified atom stereocenters. The third-order valence-electron chi connectivity index (χ3n) is 3.52.